The first kappa shape index (κ1) is 15.4. The van der Waals surface area contributed by atoms with Gasteiger partial charge in [0.05, 0.1) is 20.0 Å². The number of aryl methyl sites for hydroxylation is 1. The molecule has 0 saturated carbocycles. The zero-order valence-electron chi connectivity index (χ0n) is 12.4. The van der Waals surface area contributed by atoms with Gasteiger partial charge in [-0.1, -0.05) is 11.8 Å². The molecular weight excluding hydrogens is 290 g/mol. The lowest BCUT2D eigenvalue weighted by molar-refractivity contribution is 0.102. The van der Waals surface area contributed by atoms with Crippen LogP contribution in [-0.4, -0.2) is 40.5 Å². The molecule has 0 aliphatic carbocycles. The van der Waals surface area contributed by atoms with Crippen molar-refractivity contribution in [1.29, 1.82) is 0 Å². The topological polar surface area (TPSA) is 66.2 Å². The summed E-state index contributed by atoms with van der Waals surface area (Å²) >= 11 is 1.36. The van der Waals surface area contributed by atoms with Crippen LogP contribution in [0.5, 0.6) is 11.5 Å². The van der Waals surface area contributed by atoms with E-state index in [-0.39, 0.29) is 5.78 Å². The van der Waals surface area contributed by atoms with Crippen LogP contribution in [0.15, 0.2) is 23.4 Å². The molecular formula is C14H17N3O3S. The van der Waals surface area contributed by atoms with E-state index < -0.39 is 0 Å². The fourth-order valence-corrected chi connectivity index (χ4v) is 2.59. The minimum absolute atomic E-state index is 0.00149. The summed E-state index contributed by atoms with van der Waals surface area (Å²) in [7, 11) is 4.98. The van der Waals surface area contributed by atoms with Crippen molar-refractivity contribution in [2.45, 2.75) is 12.1 Å². The first-order valence-corrected chi connectivity index (χ1v) is 7.29. The van der Waals surface area contributed by atoms with Crippen molar-refractivity contribution in [2.75, 3.05) is 20.0 Å². The van der Waals surface area contributed by atoms with Gasteiger partial charge >= 0.3 is 0 Å². The lowest BCUT2D eigenvalue weighted by Gasteiger charge is -2.09. The molecule has 2 aromatic rings. The number of nitrogens with zero attached hydrogens (tertiary/aromatic N) is 3. The molecule has 0 spiro atoms. The van der Waals surface area contributed by atoms with Crippen LogP contribution >= 0.6 is 11.8 Å². The number of carbonyl (C=O) groups is 1. The van der Waals surface area contributed by atoms with Crippen LogP contribution in [-0.2, 0) is 7.05 Å². The summed E-state index contributed by atoms with van der Waals surface area (Å²) in [6, 6.07) is 5.14. The number of Topliss-reactive ketones (excluding diaryl/α,β-unsaturated/α-hetero) is 1. The Bertz CT molecular complexity index is 655. The Kier molecular flexibility index (Phi) is 4.85. The largest absolute Gasteiger partial charge is 0.493 e. The van der Waals surface area contributed by atoms with E-state index >= 15 is 0 Å². The maximum atomic E-state index is 12.2. The van der Waals surface area contributed by atoms with E-state index in [1.54, 1.807) is 32.4 Å². The lowest BCUT2D eigenvalue weighted by Crippen LogP contribution is -2.05. The molecule has 21 heavy (non-hydrogen) atoms. The summed E-state index contributed by atoms with van der Waals surface area (Å²) in [6.07, 6.45) is 0. The average Bonchev–Trinajstić information content (AvgIpc) is 2.83. The van der Waals surface area contributed by atoms with Gasteiger partial charge in [-0.25, -0.2) is 0 Å². The molecule has 0 radical (unpaired) electrons. The lowest BCUT2D eigenvalue weighted by atomic mass is 10.1. The molecule has 0 atom stereocenters. The Morgan fingerprint density at radius 2 is 1.95 bits per heavy atom. The molecule has 0 amide bonds. The Balaban J connectivity index is 2.08. The minimum Gasteiger partial charge on any atom is -0.493 e. The van der Waals surface area contributed by atoms with E-state index in [2.05, 4.69) is 10.2 Å². The quantitative estimate of drug-likeness (QED) is 0.601. The molecule has 0 N–H and O–H groups in total. The van der Waals surface area contributed by atoms with Gasteiger partial charge in [0.25, 0.3) is 0 Å². The van der Waals surface area contributed by atoms with Crippen molar-refractivity contribution >= 4 is 17.5 Å². The third-order valence-corrected chi connectivity index (χ3v) is 4.11. The van der Waals surface area contributed by atoms with E-state index in [4.69, 9.17) is 9.47 Å². The second kappa shape index (κ2) is 6.62. The second-order valence-electron chi connectivity index (χ2n) is 4.37. The van der Waals surface area contributed by atoms with Crippen molar-refractivity contribution in [3.05, 3.63) is 29.6 Å². The van der Waals surface area contributed by atoms with Gasteiger partial charge in [-0.2, -0.15) is 0 Å². The van der Waals surface area contributed by atoms with Crippen LogP contribution in [0, 0.1) is 6.92 Å². The van der Waals surface area contributed by atoms with Gasteiger partial charge in [-0.15, -0.1) is 10.2 Å². The van der Waals surface area contributed by atoms with Crippen LogP contribution in [0.2, 0.25) is 0 Å². The zero-order chi connectivity index (χ0) is 15.4. The normalized spacial score (nSPS) is 10.5. The molecule has 0 saturated heterocycles. The predicted octanol–water partition coefficient (Wildman–Crippen LogP) is 2.12. The van der Waals surface area contributed by atoms with Gasteiger partial charge in [0.15, 0.2) is 22.4 Å². The summed E-state index contributed by atoms with van der Waals surface area (Å²) in [5.41, 5.74) is 0.582. The third-order valence-electron chi connectivity index (χ3n) is 3.09. The highest BCUT2D eigenvalue weighted by atomic mass is 32.2. The number of ether oxygens (including phenoxy) is 2. The molecule has 0 aliphatic rings. The highest BCUT2D eigenvalue weighted by Gasteiger charge is 2.13. The molecule has 0 aliphatic heterocycles. The molecule has 1 aromatic heterocycles. The Hall–Kier alpha value is -2.02. The average molecular weight is 307 g/mol. The van der Waals surface area contributed by atoms with Gasteiger partial charge in [0.1, 0.15) is 5.82 Å². The van der Waals surface area contributed by atoms with Crippen molar-refractivity contribution < 1.29 is 14.3 Å². The Morgan fingerprint density at radius 3 is 2.52 bits per heavy atom. The molecule has 6 nitrogen and oxygen atoms in total. The number of hydrogen-bond donors (Lipinski definition) is 0. The molecule has 0 bridgehead atoms. The van der Waals surface area contributed by atoms with Crippen LogP contribution in [0.3, 0.4) is 0 Å². The third kappa shape index (κ3) is 3.36. The van der Waals surface area contributed by atoms with Crippen LogP contribution in [0.1, 0.15) is 16.2 Å². The number of aromatic nitrogens is 3. The number of thioether (sulfide) groups is 1. The summed E-state index contributed by atoms with van der Waals surface area (Å²) in [4.78, 5) is 12.2. The van der Waals surface area contributed by atoms with Gasteiger partial charge in [0.2, 0.25) is 0 Å². The van der Waals surface area contributed by atoms with Crippen molar-refractivity contribution in [3.63, 3.8) is 0 Å². The first-order chi connectivity index (χ1) is 10.1. The SMILES string of the molecule is COc1ccc(C(=O)CSc2nnc(C)n2C)cc1OC. The maximum absolute atomic E-state index is 12.2. The van der Waals surface area contributed by atoms with E-state index in [0.29, 0.717) is 22.8 Å². The van der Waals surface area contributed by atoms with Crippen LogP contribution < -0.4 is 9.47 Å². The number of hydrogen-bond acceptors (Lipinski definition) is 6. The number of carbonyl (C=O) groups excluding carboxylic acids is 1. The summed E-state index contributed by atoms with van der Waals surface area (Å²) in [5, 5.41) is 8.71. The standard InChI is InChI=1S/C14H17N3O3S/c1-9-15-16-14(17(9)2)21-8-11(18)10-5-6-12(19-3)13(7-10)20-4/h5-7H,8H2,1-4H3. The number of rotatable bonds is 6. The molecule has 112 valence electrons. The highest BCUT2D eigenvalue weighted by molar-refractivity contribution is 7.99. The molecule has 7 heteroatoms. The van der Waals surface area contributed by atoms with E-state index in [9.17, 15) is 4.79 Å². The predicted molar refractivity (Wildman–Crippen MR) is 80.3 cm³/mol. The van der Waals surface area contributed by atoms with Crippen LogP contribution in [0.4, 0.5) is 0 Å². The number of methoxy groups -OCH3 is 2. The van der Waals surface area contributed by atoms with Gasteiger partial charge < -0.3 is 14.0 Å². The monoisotopic (exact) mass is 307 g/mol. The summed E-state index contributed by atoms with van der Waals surface area (Å²) in [5.74, 6) is 2.26. The minimum atomic E-state index is 0.00149. The van der Waals surface area contributed by atoms with E-state index in [1.807, 2.05) is 18.5 Å². The molecule has 0 unspecified atom stereocenters. The fraction of sp³-hybridized carbons (Fsp3) is 0.357. The van der Waals surface area contributed by atoms with E-state index in [0.717, 1.165) is 11.0 Å². The van der Waals surface area contributed by atoms with Crippen molar-refractivity contribution in [1.82, 2.24) is 14.8 Å². The molecule has 1 aromatic carbocycles. The molecule has 2 rings (SSSR count). The number of ketones is 1. The van der Waals surface area contributed by atoms with Gasteiger partial charge in [-0.05, 0) is 25.1 Å². The maximum Gasteiger partial charge on any atom is 0.191 e. The zero-order valence-corrected chi connectivity index (χ0v) is 13.2. The Morgan fingerprint density at radius 1 is 1.24 bits per heavy atom. The first-order valence-electron chi connectivity index (χ1n) is 6.30. The highest BCUT2D eigenvalue weighted by Crippen LogP contribution is 2.28. The van der Waals surface area contributed by atoms with E-state index in [1.165, 1.54) is 11.8 Å². The second-order valence-corrected chi connectivity index (χ2v) is 5.31. The number of benzene rings is 1. The van der Waals surface area contributed by atoms with Crippen molar-refractivity contribution in [3.8, 4) is 11.5 Å². The van der Waals surface area contributed by atoms with Gasteiger partial charge in [-0.3, -0.25) is 4.79 Å². The Labute approximate surface area is 127 Å². The molecule has 0 fully saturated rings. The summed E-state index contributed by atoms with van der Waals surface area (Å²) < 4.78 is 12.2. The van der Waals surface area contributed by atoms with Crippen LogP contribution in [0.25, 0.3) is 0 Å². The van der Waals surface area contributed by atoms with Crippen molar-refractivity contribution in [2.24, 2.45) is 7.05 Å². The van der Waals surface area contributed by atoms with Gasteiger partial charge in [0, 0.05) is 12.6 Å². The smallest absolute Gasteiger partial charge is 0.191 e. The molecule has 1 heterocycles. The fourth-order valence-electron chi connectivity index (χ4n) is 1.74. The summed E-state index contributed by atoms with van der Waals surface area (Å²) in [6.45, 7) is 1.87.